The molecule has 0 spiro atoms. The molecule has 0 radical (unpaired) electrons. The van der Waals surface area contributed by atoms with Crippen LogP contribution in [0.3, 0.4) is 0 Å². The molecule has 5 heteroatoms. The van der Waals surface area contributed by atoms with E-state index < -0.39 is 5.79 Å². The van der Waals surface area contributed by atoms with Gasteiger partial charge >= 0.3 is 0 Å². The van der Waals surface area contributed by atoms with E-state index in [4.69, 9.17) is 20.3 Å². The van der Waals surface area contributed by atoms with Crippen molar-refractivity contribution in [2.45, 2.75) is 51.2 Å². The van der Waals surface area contributed by atoms with E-state index in [1.807, 2.05) is 6.92 Å². The van der Waals surface area contributed by atoms with Gasteiger partial charge in [-0.25, -0.2) is 0 Å². The topological polar surface area (TPSA) is 84.9 Å². The molecule has 96 valence electrons. The predicted molar refractivity (Wildman–Crippen MR) is 59.8 cm³/mol. The maximum atomic E-state index is 9.62. The number of hydrogen-bond donors (Lipinski definition) is 3. The Bertz CT molecular complexity index is 217. The molecule has 1 aliphatic rings. The molecular weight excluding hydrogens is 210 g/mol. The molecule has 0 aromatic rings. The summed E-state index contributed by atoms with van der Waals surface area (Å²) in [4.78, 5) is 0. The second-order valence-electron chi connectivity index (χ2n) is 4.92. The fourth-order valence-corrected chi connectivity index (χ4v) is 2.17. The monoisotopic (exact) mass is 233 g/mol. The van der Waals surface area contributed by atoms with Crippen LogP contribution in [0.15, 0.2) is 0 Å². The molecule has 16 heavy (non-hydrogen) atoms. The van der Waals surface area contributed by atoms with Crippen LogP contribution in [0.1, 0.15) is 27.2 Å². The Labute approximate surface area is 96.5 Å². The van der Waals surface area contributed by atoms with Crippen LogP contribution in [-0.2, 0) is 9.47 Å². The van der Waals surface area contributed by atoms with E-state index in [1.54, 1.807) is 13.8 Å². The maximum absolute atomic E-state index is 9.62. The van der Waals surface area contributed by atoms with Gasteiger partial charge < -0.3 is 25.4 Å². The first kappa shape index (κ1) is 13.9. The fraction of sp³-hybridized carbons (Fsp3) is 1.00. The van der Waals surface area contributed by atoms with Crippen LogP contribution >= 0.6 is 0 Å². The third kappa shape index (κ3) is 3.68. The van der Waals surface area contributed by atoms with E-state index in [0.29, 0.717) is 13.0 Å². The van der Waals surface area contributed by atoms with Gasteiger partial charge in [0.25, 0.3) is 0 Å². The van der Waals surface area contributed by atoms with Gasteiger partial charge in [-0.3, -0.25) is 0 Å². The van der Waals surface area contributed by atoms with Crippen molar-refractivity contribution in [3.05, 3.63) is 0 Å². The molecule has 1 aliphatic carbocycles. The molecule has 1 saturated carbocycles. The van der Waals surface area contributed by atoms with E-state index in [1.165, 1.54) is 0 Å². The van der Waals surface area contributed by atoms with Gasteiger partial charge in [-0.15, -0.1) is 0 Å². The van der Waals surface area contributed by atoms with Crippen LogP contribution in [0.2, 0.25) is 0 Å². The van der Waals surface area contributed by atoms with Crippen molar-refractivity contribution in [2.24, 2.45) is 11.7 Å². The maximum Gasteiger partial charge on any atom is 0.160 e. The molecule has 0 aromatic heterocycles. The van der Waals surface area contributed by atoms with Crippen molar-refractivity contribution in [1.82, 2.24) is 0 Å². The molecule has 0 unspecified atom stereocenters. The lowest BCUT2D eigenvalue weighted by Crippen LogP contribution is -2.41. The van der Waals surface area contributed by atoms with Gasteiger partial charge in [0.05, 0.1) is 25.4 Å². The van der Waals surface area contributed by atoms with E-state index >= 15 is 0 Å². The minimum Gasteiger partial charge on any atom is -0.394 e. The van der Waals surface area contributed by atoms with Gasteiger partial charge in [0.2, 0.25) is 0 Å². The zero-order valence-electron chi connectivity index (χ0n) is 10.2. The van der Waals surface area contributed by atoms with Crippen LogP contribution in [0.25, 0.3) is 0 Å². The third-order valence-corrected chi connectivity index (χ3v) is 2.88. The van der Waals surface area contributed by atoms with Crippen molar-refractivity contribution in [3.8, 4) is 0 Å². The number of aliphatic hydroxyl groups is 2. The third-order valence-electron chi connectivity index (χ3n) is 2.88. The molecule has 5 nitrogen and oxygen atoms in total. The number of aliphatic hydroxyl groups excluding tert-OH is 1. The molecule has 0 aliphatic heterocycles. The SMILES string of the molecule is C[C@H]1[C@@H](OC(C)(C)O)[C@H](N)C[C@@H]1OCCO. The minimum absolute atomic E-state index is 0.00509. The summed E-state index contributed by atoms with van der Waals surface area (Å²) in [7, 11) is 0. The number of rotatable bonds is 5. The molecule has 1 rings (SSSR count). The second-order valence-corrected chi connectivity index (χ2v) is 4.92. The summed E-state index contributed by atoms with van der Waals surface area (Å²) in [5.74, 6) is -1.06. The van der Waals surface area contributed by atoms with E-state index in [9.17, 15) is 5.11 Å². The fourth-order valence-electron chi connectivity index (χ4n) is 2.17. The lowest BCUT2D eigenvalue weighted by Gasteiger charge is -2.29. The highest BCUT2D eigenvalue weighted by molar-refractivity contribution is 4.94. The van der Waals surface area contributed by atoms with Gasteiger partial charge in [-0.1, -0.05) is 6.92 Å². The molecule has 4 atom stereocenters. The standard InChI is InChI=1S/C11H23NO4/c1-7-9(15-5-4-13)6-8(12)10(7)16-11(2,3)14/h7-10,13-14H,4-6,12H2,1-3H3/t7-,8-,9+,10-/m1/s1. The predicted octanol–water partition coefficient (Wildman–Crippen LogP) is -0.155. The van der Waals surface area contributed by atoms with Gasteiger partial charge in [-0.05, 0) is 20.3 Å². The molecular formula is C11H23NO4. The first-order valence-electron chi connectivity index (χ1n) is 5.73. The van der Waals surface area contributed by atoms with Crippen LogP contribution in [-0.4, -0.2) is 47.5 Å². The average molecular weight is 233 g/mol. The van der Waals surface area contributed by atoms with Crippen molar-refractivity contribution >= 4 is 0 Å². The smallest absolute Gasteiger partial charge is 0.160 e. The van der Waals surface area contributed by atoms with Crippen molar-refractivity contribution < 1.29 is 19.7 Å². The lowest BCUT2D eigenvalue weighted by molar-refractivity contribution is -0.217. The number of nitrogens with two attached hydrogens (primary N) is 1. The minimum atomic E-state index is -1.18. The molecule has 0 aromatic carbocycles. The van der Waals surface area contributed by atoms with Gasteiger partial charge in [0.15, 0.2) is 5.79 Å². The molecule has 0 heterocycles. The summed E-state index contributed by atoms with van der Waals surface area (Å²) in [6, 6.07) is -0.134. The second kappa shape index (κ2) is 5.42. The van der Waals surface area contributed by atoms with Crippen molar-refractivity contribution in [2.75, 3.05) is 13.2 Å². The molecule has 1 fully saturated rings. The first-order valence-corrected chi connectivity index (χ1v) is 5.73. The molecule has 0 saturated heterocycles. The Hall–Kier alpha value is -0.200. The van der Waals surface area contributed by atoms with E-state index in [0.717, 1.165) is 0 Å². The Morgan fingerprint density at radius 2 is 2.06 bits per heavy atom. The zero-order chi connectivity index (χ0) is 12.3. The van der Waals surface area contributed by atoms with Gasteiger partial charge in [-0.2, -0.15) is 0 Å². The Kier molecular flexibility index (Phi) is 4.70. The van der Waals surface area contributed by atoms with E-state index in [-0.39, 0.29) is 30.8 Å². The van der Waals surface area contributed by atoms with Gasteiger partial charge in [0, 0.05) is 12.0 Å². The quantitative estimate of drug-likeness (QED) is 0.575. The average Bonchev–Trinajstić information content (AvgIpc) is 2.40. The molecule has 0 bridgehead atoms. The van der Waals surface area contributed by atoms with Crippen molar-refractivity contribution in [1.29, 1.82) is 0 Å². The summed E-state index contributed by atoms with van der Waals surface area (Å²) in [6.45, 7) is 5.50. The zero-order valence-corrected chi connectivity index (χ0v) is 10.2. The van der Waals surface area contributed by atoms with Crippen LogP contribution < -0.4 is 5.73 Å². The number of ether oxygens (including phenoxy) is 2. The van der Waals surface area contributed by atoms with Crippen molar-refractivity contribution in [3.63, 3.8) is 0 Å². The molecule has 0 amide bonds. The Morgan fingerprint density at radius 1 is 1.44 bits per heavy atom. The lowest BCUT2D eigenvalue weighted by atomic mass is 10.1. The highest BCUT2D eigenvalue weighted by atomic mass is 16.6. The largest absolute Gasteiger partial charge is 0.394 e. The van der Waals surface area contributed by atoms with Crippen LogP contribution in [0.5, 0.6) is 0 Å². The summed E-state index contributed by atoms with van der Waals surface area (Å²) >= 11 is 0. The summed E-state index contributed by atoms with van der Waals surface area (Å²) in [5, 5.41) is 18.3. The highest BCUT2D eigenvalue weighted by Gasteiger charge is 2.42. The molecule has 4 N–H and O–H groups in total. The normalized spacial score (nSPS) is 35.6. The highest BCUT2D eigenvalue weighted by Crippen LogP contribution is 2.32. The summed E-state index contributed by atoms with van der Waals surface area (Å²) in [6.07, 6.45) is 0.486. The Morgan fingerprint density at radius 3 is 2.56 bits per heavy atom. The summed E-state index contributed by atoms with van der Waals surface area (Å²) < 4.78 is 11.0. The Balaban J connectivity index is 2.53. The van der Waals surface area contributed by atoms with Crippen LogP contribution in [0.4, 0.5) is 0 Å². The van der Waals surface area contributed by atoms with Crippen LogP contribution in [0, 0.1) is 5.92 Å². The summed E-state index contributed by atoms with van der Waals surface area (Å²) in [5.41, 5.74) is 5.96. The van der Waals surface area contributed by atoms with E-state index in [2.05, 4.69) is 0 Å². The van der Waals surface area contributed by atoms with Gasteiger partial charge in [0.1, 0.15) is 0 Å². The first-order chi connectivity index (χ1) is 7.35. The number of hydrogen-bond acceptors (Lipinski definition) is 5.